The number of morpholine rings is 1. The van der Waals surface area contributed by atoms with Crippen molar-refractivity contribution < 1.29 is 9.53 Å². The largest absolute Gasteiger partial charge is 0.378 e. The average Bonchev–Trinajstić information content (AvgIpc) is 3.16. The highest BCUT2D eigenvalue weighted by atomic mass is 16.5. The smallest absolute Gasteiger partial charge is 0.320 e. The Labute approximate surface area is 153 Å². The van der Waals surface area contributed by atoms with E-state index in [1.807, 2.05) is 20.4 Å². The van der Waals surface area contributed by atoms with Gasteiger partial charge >= 0.3 is 6.03 Å². The summed E-state index contributed by atoms with van der Waals surface area (Å²) in [4.78, 5) is 23.5. The molecule has 0 aromatic carbocycles. The molecule has 0 radical (unpaired) electrons. The monoisotopic (exact) mass is 358 g/mol. The number of ether oxygens (including phenoxy) is 1. The third-order valence-corrected chi connectivity index (χ3v) is 5.06. The van der Waals surface area contributed by atoms with Crippen LogP contribution in [0.4, 0.5) is 10.6 Å². The zero-order valence-electron chi connectivity index (χ0n) is 15.3. The number of anilines is 1. The standard InChI is InChI=1S/C18H26N6O2/c1-2-3-15-14-17(24-16(20-15)4-5-19-24)21-6-8-22(9-7-21)18(25)23-10-12-26-13-11-23/h4-5,14H,2-3,6-13H2,1H3. The van der Waals surface area contributed by atoms with Crippen molar-refractivity contribution in [2.24, 2.45) is 0 Å². The lowest BCUT2D eigenvalue weighted by Gasteiger charge is -2.39. The molecule has 4 heterocycles. The van der Waals surface area contributed by atoms with Crippen LogP contribution in [-0.2, 0) is 11.2 Å². The van der Waals surface area contributed by atoms with Crippen LogP contribution in [0.2, 0.25) is 0 Å². The molecule has 26 heavy (non-hydrogen) atoms. The SMILES string of the molecule is CCCc1cc(N2CCN(C(=O)N3CCOCC3)CC2)n2nccc2n1. The van der Waals surface area contributed by atoms with E-state index in [2.05, 4.69) is 28.0 Å². The maximum Gasteiger partial charge on any atom is 0.320 e. The molecule has 2 aromatic rings. The van der Waals surface area contributed by atoms with Gasteiger partial charge in [-0.1, -0.05) is 13.3 Å². The first-order valence-electron chi connectivity index (χ1n) is 9.46. The lowest BCUT2D eigenvalue weighted by atomic mass is 10.2. The van der Waals surface area contributed by atoms with Crippen LogP contribution in [0.15, 0.2) is 18.3 Å². The van der Waals surface area contributed by atoms with Gasteiger partial charge in [0, 0.05) is 57.1 Å². The van der Waals surface area contributed by atoms with Crippen LogP contribution >= 0.6 is 0 Å². The van der Waals surface area contributed by atoms with Crippen molar-refractivity contribution in [3.63, 3.8) is 0 Å². The zero-order chi connectivity index (χ0) is 17.9. The van der Waals surface area contributed by atoms with Gasteiger partial charge in [0.1, 0.15) is 5.82 Å². The Bertz CT molecular complexity index is 762. The highest BCUT2D eigenvalue weighted by molar-refractivity contribution is 5.75. The Kier molecular flexibility index (Phi) is 4.92. The molecule has 0 atom stereocenters. The lowest BCUT2D eigenvalue weighted by Crippen LogP contribution is -2.55. The minimum Gasteiger partial charge on any atom is -0.378 e. The summed E-state index contributed by atoms with van der Waals surface area (Å²) in [5.41, 5.74) is 1.99. The van der Waals surface area contributed by atoms with Crippen LogP contribution in [0.5, 0.6) is 0 Å². The van der Waals surface area contributed by atoms with Crippen LogP contribution in [-0.4, -0.2) is 82.9 Å². The van der Waals surface area contributed by atoms with E-state index in [0.29, 0.717) is 26.3 Å². The van der Waals surface area contributed by atoms with E-state index in [4.69, 9.17) is 4.74 Å². The molecule has 140 valence electrons. The molecular formula is C18H26N6O2. The van der Waals surface area contributed by atoms with Crippen LogP contribution in [0.3, 0.4) is 0 Å². The normalized spacial score (nSPS) is 18.6. The fraction of sp³-hybridized carbons (Fsp3) is 0.611. The average molecular weight is 358 g/mol. The van der Waals surface area contributed by atoms with Gasteiger partial charge in [-0.05, 0) is 6.42 Å². The number of amides is 2. The van der Waals surface area contributed by atoms with E-state index < -0.39 is 0 Å². The molecule has 0 bridgehead atoms. The van der Waals surface area contributed by atoms with Gasteiger partial charge in [-0.2, -0.15) is 9.61 Å². The minimum atomic E-state index is 0.138. The maximum atomic E-state index is 12.7. The van der Waals surface area contributed by atoms with Crippen molar-refractivity contribution in [1.82, 2.24) is 24.4 Å². The summed E-state index contributed by atoms with van der Waals surface area (Å²) in [6, 6.07) is 4.22. The summed E-state index contributed by atoms with van der Waals surface area (Å²) in [6.07, 6.45) is 3.82. The third-order valence-electron chi connectivity index (χ3n) is 5.06. The van der Waals surface area contributed by atoms with Gasteiger partial charge < -0.3 is 19.4 Å². The van der Waals surface area contributed by atoms with Gasteiger partial charge in [-0.15, -0.1) is 0 Å². The fourth-order valence-electron chi connectivity index (χ4n) is 3.64. The number of rotatable bonds is 3. The molecule has 0 unspecified atom stereocenters. The summed E-state index contributed by atoms with van der Waals surface area (Å²) in [5.74, 6) is 1.07. The second-order valence-electron chi connectivity index (χ2n) is 6.81. The number of urea groups is 1. The second-order valence-corrected chi connectivity index (χ2v) is 6.81. The minimum absolute atomic E-state index is 0.138. The van der Waals surface area contributed by atoms with E-state index in [1.165, 1.54) is 0 Å². The number of hydrogen-bond donors (Lipinski definition) is 0. The number of carbonyl (C=O) groups excluding carboxylic acids is 1. The number of aromatic nitrogens is 3. The van der Waals surface area contributed by atoms with Gasteiger partial charge in [0.2, 0.25) is 0 Å². The Hall–Kier alpha value is -2.35. The number of carbonyl (C=O) groups is 1. The Morgan fingerprint density at radius 2 is 1.85 bits per heavy atom. The van der Waals surface area contributed by atoms with Crippen molar-refractivity contribution in [2.45, 2.75) is 19.8 Å². The number of aryl methyl sites for hydroxylation is 1. The number of fused-ring (bicyclic) bond motifs is 1. The Morgan fingerprint density at radius 1 is 1.12 bits per heavy atom. The van der Waals surface area contributed by atoms with Crippen LogP contribution in [0.25, 0.3) is 5.65 Å². The molecule has 2 amide bonds. The third kappa shape index (κ3) is 3.33. The summed E-state index contributed by atoms with van der Waals surface area (Å²) in [5, 5.41) is 4.43. The van der Waals surface area contributed by atoms with Crippen molar-refractivity contribution in [3.8, 4) is 0 Å². The first-order valence-corrected chi connectivity index (χ1v) is 9.46. The van der Waals surface area contributed by atoms with Crippen LogP contribution in [0.1, 0.15) is 19.0 Å². The first-order chi connectivity index (χ1) is 12.8. The summed E-state index contributed by atoms with van der Waals surface area (Å²) in [7, 11) is 0. The van der Waals surface area contributed by atoms with Gasteiger partial charge in [0.05, 0.1) is 19.4 Å². The van der Waals surface area contributed by atoms with Gasteiger partial charge in [0.15, 0.2) is 5.65 Å². The number of nitrogens with zero attached hydrogens (tertiary/aromatic N) is 6. The predicted octanol–water partition coefficient (Wildman–Crippen LogP) is 1.26. The topological polar surface area (TPSA) is 66.2 Å². The Balaban J connectivity index is 1.47. The van der Waals surface area contributed by atoms with E-state index >= 15 is 0 Å². The predicted molar refractivity (Wildman–Crippen MR) is 98.6 cm³/mol. The molecule has 0 spiro atoms. The molecule has 2 saturated heterocycles. The van der Waals surface area contributed by atoms with Gasteiger partial charge in [0.25, 0.3) is 0 Å². The van der Waals surface area contributed by atoms with Crippen molar-refractivity contribution >= 4 is 17.5 Å². The van der Waals surface area contributed by atoms with Crippen molar-refractivity contribution in [2.75, 3.05) is 57.4 Å². The maximum absolute atomic E-state index is 12.7. The zero-order valence-corrected chi connectivity index (χ0v) is 15.3. The molecule has 0 aliphatic carbocycles. The quantitative estimate of drug-likeness (QED) is 0.826. The molecule has 4 rings (SSSR count). The van der Waals surface area contributed by atoms with E-state index in [-0.39, 0.29) is 6.03 Å². The van der Waals surface area contributed by atoms with E-state index in [1.54, 1.807) is 6.20 Å². The highest BCUT2D eigenvalue weighted by Crippen LogP contribution is 2.20. The molecule has 2 fully saturated rings. The molecule has 2 aliphatic heterocycles. The summed E-state index contributed by atoms with van der Waals surface area (Å²) < 4.78 is 7.24. The Morgan fingerprint density at radius 3 is 2.58 bits per heavy atom. The number of piperazine rings is 1. The van der Waals surface area contributed by atoms with E-state index in [9.17, 15) is 4.79 Å². The van der Waals surface area contributed by atoms with Crippen molar-refractivity contribution in [1.29, 1.82) is 0 Å². The van der Waals surface area contributed by atoms with E-state index in [0.717, 1.165) is 56.2 Å². The highest BCUT2D eigenvalue weighted by Gasteiger charge is 2.27. The second kappa shape index (κ2) is 7.49. The number of hydrogen-bond acceptors (Lipinski definition) is 5. The van der Waals surface area contributed by atoms with Crippen molar-refractivity contribution in [3.05, 3.63) is 24.0 Å². The molecular weight excluding hydrogens is 332 g/mol. The first kappa shape index (κ1) is 17.1. The molecule has 2 aromatic heterocycles. The van der Waals surface area contributed by atoms with Gasteiger partial charge in [-0.3, -0.25) is 0 Å². The lowest BCUT2D eigenvalue weighted by molar-refractivity contribution is 0.0428. The van der Waals surface area contributed by atoms with Crippen LogP contribution in [0, 0.1) is 0 Å². The molecule has 0 saturated carbocycles. The summed E-state index contributed by atoms with van der Waals surface area (Å²) >= 11 is 0. The molecule has 0 N–H and O–H groups in total. The summed E-state index contributed by atoms with van der Waals surface area (Å²) in [6.45, 7) is 7.89. The van der Waals surface area contributed by atoms with Crippen LogP contribution < -0.4 is 4.90 Å². The van der Waals surface area contributed by atoms with Gasteiger partial charge in [-0.25, -0.2) is 9.78 Å². The molecule has 8 nitrogen and oxygen atoms in total. The molecule has 8 heteroatoms. The molecule has 2 aliphatic rings. The fourth-order valence-corrected chi connectivity index (χ4v) is 3.64.